The van der Waals surface area contributed by atoms with E-state index in [1.54, 1.807) is 12.1 Å². The van der Waals surface area contributed by atoms with Gasteiger partial charge >= 0.3 is 0 Å². The van der Waals surface area contributed by atoms with Crippen LogP contribution in [0, 0.1) is 5.82 Å². The third kappa shape index (κ3) is 3.21. The summed E-state index contributed by atoms with van der Waals surface area (Å²) in [5.74, 6) is -0.977. The molecule has 0 bridgehead atoms. The number of hydrogen-bond donors (Lipinski definition) is 1. The molecule has 6 heteroatoms. The average Bonchev–Trinajstić information content (AvgIpc) is 2.42. The molecule has 1 N–H and O–H groups in total. The lowest BCUT2D eigenvalue weighted by Crippen LogP contribution is -2.12. The van der Waals surface area contributed by atoms with Gasteiger partial charge in [-0.1, -0.05) is 23.2 Å². The van der Waals surface area contributed by atoms with E-state index in [0.717, 1.165) is 6.07 Å². The van der Waals surface area contributed by atoms with Gasteiger partial charge in [0.25, 0.3) is 5.91 Å². The fourth-order valence-electron chi connectivity index (χ4n) is 1.58. The van der Waals surface area contributed by atoms with Crippen LogP contribution in [0.3, 0.4) is 0 Å². The number of rotatable bonds is 3. The zero-order chi connectivity index (χ0) is 14.7. The molecule has 0 atom stereocenters. The lowest BCUT2D eigenvalue weighted by Gasteiger charge is -2.08. The molecule has 0 fully saturated rings. The number of methoxy groups -OCH3 is 1. The molecule has 0 unspecified atom stereocenters. The maximum absolute atomic E-state index is 13.5. The van der Waals surface area contributed by atoms with Crippen LogP contribution in [-0.2, 0) is 0 Å². The Balaban J connectivity index is 2.19. The predicted octanol–water partition coefficient (Wildman–Crippen LogP) is 4.39. The molecule has 0 aliphatic heterocycles. The van der Waals surface area contributed by atoms with Crippen LogP contribution >= 0.6 is 23.2 Å². The summed E-state index contributed by atoms with van der Waals surface area (Å²) < 4.78 is 18.3. The van der Waals surface area contributed by atoms with Crippen molar-refractivity contribution in [3.63, 3.8) is 0 Å². The van der Waals surface area contributed by atoms with Gasteiger partial charge in [-0.15, -0.1) is 0 Å². The number of carbonyl (C=O) groups excluding carboxylic acids is 1. The molecular formula is C14H10Cl2FNO2. The number of nitrogens with one attached hydrogen (secondary N) is 1. The molecule has 0 aliphatic rings. The highest BCUT2D eigenvalue weighted by molar-refractivity contribution is 6.42. The largest absolute Gasteiger partial charge is 0.494 e. The molecular weight excluding hydrogens is 304 g/mol. The lowest BCUT2D eigenvalue weighted by molar-refractivity contribution is 0.102. The van der Waals surface area contributed by atoms with Crippen LogP contribution in [0.15, 0.2) is 36.4 Å². The number of benzene rings is 2. The summed E-state index contributed by atoms with van der Waals surface area (Å²) in [5.41, 5.74) is 0.648. The summed E-state index contributed by atoms with van der Waals surface area (Å²) in [6.45, 7) is 0. The van der Waals surface area contributed by atoms with Crippen LogP contribution < -0.4 is 10.1 Å². The van der Waals surface area contributed by atoms with Gasteiger partial charge in [0.1, 0.15) is 0 Å². The Morgan fingerprint density at radius 3 is 2.50 bits per heavy atom. The number of hydrogen-bond acceptors (Lipinski definition) is 2. The number of halogens is 3. The molecule has 0 saturated carbocycles. The third-order valence-corrected chi connectivity index (χ3v) is 3.33. The second-order valence-corrected chi connectivity index (χ2v) is 4.75. The van der Waals surface area contributed by atoms with Gasteiger partial charge < -0.3 is 10.1 Å². The fourth-order valence-corrected chi connectivity index (χ4v) is 1.88. The lowest BCUT2D eigenvalue weighted by atomic mass is 10.2. The van der Waals surface area contributed by atoms with Crippen molar-refractivity contribution in [3.05, 3.63) is 57.8 Å². The van der Waals surface area contributed by atoms with E-state index in [9.17, 15) is 9.18 Å². The van der Waals surface area contributed by atoms with Gasteiger partial charge in [0.15, 0.2) is 11.6 Å². The topological polar surface area (TPSA) is 38.3 Å². The Labute approximate surface area is 125 Å². The van der Waals surface area contributed by atoms with Crippen LogP contribution in [0.25, 0.3) is 0 Å². The van der Waals surface area contributed by atoms with E-state index in [1.807, 2.05) is 0 Å². The highest BCUT2D eigenvalue weighted by Crippen LogP contribution is 2.25. The standard InChI is InChI=1S/C14H10Cl2FNO2/c1-20-13-5-2-8(6-12(13)17)14(19)18-9-3-4-10(15)11(16)7-9/h2-7H,1H3,(H,18,19). The van der Waals surface area contributed by atoms with Gasteiger partial charge in [-0.2, -0.15) is 0 Å². The van der Waals surface area contributed by atoms with E-state index >= 15 is 0 Å². The van der Waals surface area contributed by atoms with Crippen molar-refractivity contribution in [2.75, 3.05) is 12.4 Å². The van der Waals surface area contributed by atoms with Crippen LogP contribution in [0.1, 0.15) is 10.4 Å². The first-order valence-corrected chi connectivity index (χ1v) is 6.37. The van der Waals surface area contributed by atoms with Gasteiger partial charge in [0.05, 0.1) is 17.2 Å². The van der Waals surface area contributed by atoms with Crippen LogP contribution in [-0.4, -0.2) is 13.0 Å². The highest BCUT2D eigenvalue weighted by Gasteiger charge is 2.11. The first-order chi connectivity index (χ1) is 9.51. The van der Waals surface area contributed by atoms with Gasteiger partial charge in [-0.25, -0.2) is 4.39 Å². The Hall–Kier alpha value is -1.78. The van der Waals surface area contributed by atoms with E-state index in [0.29, 0.717) is 15.7 Å². The van der Waals surface area contributed by atoms with Crippen molar-refractivity contribution < 1.29 is 13.9 Å². The molecule has 2 aromatic rings. The first-order valence-electron chi connectivity index (χ1n) is 5.61. The molecule has 0 aromatic heterocycles. The average molecular weight is 314 g/mol. The van der Waals surface area contributed by atoms with E-state index in [2.05, 4.69) is 5.32 Å². The molecule has 0 saturated heterocycles. The third-order valence-electron chi connectivity index (χ3n) is 2.59. The van der Waals surface area contributed by atoms with Crippen molar-refractivity contribution in [3.8, 4) is 5.75 Å². The van der Waals surface area contributed by atoms with E-state index in [-0.39, 0.29) is 11.3 Å². The van der Waals surface area contributed by atoms with Crippen LogP contribution in [0.5, 0.6) is 5.75 Å². The van der Waals surface area contributed by atoms with Crippen molar-refractivity contribution in [2.45, 2.75) is 0 Å². The minimum absolute atomic E-state index is 0.0797. The fraction of sp³-hybridized carbons (Fsp3) is 0.0714. The molecule has 20 heavy (non-hydrogen) atoms. The number of carbonyl (C=O) groups is 1. The van der Waals surface area contributed by atoms with Crippen molar-refractivity contribution >= 4 is 34.8 Å². The molecule has 0 spiro atoms. The first kappa shape index (κ1) is 14.6. The Kier molecular flexibility index (Phi) is 4.47. The molecule has 0 radical (unpaired) electrons. The monoisotopic (exact) mass is 313 g/mol. The molecule has 2 rings (SSSR count). The molecule has 104 valence electrons. The maximum atomic E-state index is 13.5. The van der Waals surface area contributed by atoms with Gasteiger partial charge in [0.2, 0.25) is 0 Å². The van der Waals surface area contributed by atoms with Crippen LogP contribution in [0.4, 0.5) is 10.1 Å². The van der Waals surface area contributed by atoms with Crippen molar-refractivity contribution in [1.82, 2.24) is 0 Å². The Morgan fingerprint density at radius 1 is 1.15 bits per heavy atom. The SMILES string of the molecule is COc1ccc(C(=O)Nc2ccc(Cl)c(Cl)c2)cc1F. The van der Waals surface area contributed by atoms with Crippen molar-refractivity contribution in [1.29, 1.82) is 0 Å². The Bertz CT molecular complexity index is 662. The van der Waals surface area contributed by atoms with Gasteiger partial charge in [0, 0.05) is 11.3 Å². The zero-order valence-electron chi connectivity index (χ0n) is 10.4. The number of anilines is 1. The zero-order valence-corrected chi connectivity index (χ0v) is 11.9. The van der Waals surface area contributed by atoms with E-state index in [1.165, 1.54) is 25.3 Å². The van der Waals surface area contributed by atoms with Gasteiger partial charge in [-0.3, -0.25) is 4.79 Å². The van der Waals surface area contributed by atoms with Crippen LogP contribution in [0.2, 0.25) is 10.0 Å². The number of amides is 1. The Morgan fingerprint density at radius 2 is 1.90 bits per heavy atom. The summed E-state index contributed by atoms with van der Waals surface area (Å²) >= 11 is 11.6. The molecule has 0 heterocycles. The summed E-state index contributed by atoms with van der Waals surface area (Å²) in [6, 6.07) is 8.64. The maximum Gasteiger partial charge on any atom is 0.255 e. The molecule has 3 nitrogen and oxygen atoms in total. The van der Waals surface area contributed by atoms with Gasteiger partial charge in [-0.05, 0) is 36.4 Å². The smallest absolute Gasteiger partial charge is 0.255 e. The predicted molar refractivity (Wildman–Crippen MR) is 77.4 cm³/mol. The van der Waals surface area contributed by atoms with Crippen molar-refractivity contribution in [2.24, 2.45) is 0 Å². The van der Waals surface area contributed by atoms with E-state index in [4.69, 9.17) is 27.9 Å². The quantitative estimate of drug-likeness (QED) is 0.912. The second kappa shape index (κ2) is 6.11. The molecule has 2 aromatic carbocycles. The minimum Gasteiger partial charge on any atom is -0.494 e. The number of ether oxygens (including phenoxy) is 1. The summed E-state index contributed by atoms with van der Waals surface area (Å²) in [7, 11) is 1.36. The molecule has 1 amide bonds. The second-order valence-electron chi connectivity index (χ2n) is 3.93. The summed E-state index contributed by atoms with van der Waals surface area (Å²) in [4.78, 5) is 12.0. The normalized spacial score (nSPS) is 10.2. The summed E-state index contributed by atoms with van der Waals surface area (Å²) in [5, 5.41) is 3.31. The van der Waals surface area contributed by atoms with E-state index < -0.39 is 11.7 Å². The minimum atomic E-state index is -0.603. The summed E-state index contributed by atoms with van der Waals surface area (Å²) in [6.07, 6.45) is 0. The highest BCUT2D eigenvalue weighted by atomic mass is 35.5. The molecule has 0 aliphatic carbocycles.